The van der Waals surface area contributed by atoms with Crippen molar-refractivity contribution in [1.82, 2.24) is 15.1 Å². The van der Waals surface area contributed by atoms with Gasteiger partial charge in [-0.05, 0) is 37.2 Å². The molecule has 3 atom stereocenters. The molecule has 5 nitrogen and oxygen atoms in total. The molecule has 2 aliphatic carbocycles. The highest BCUT2D eigenvalue weighted by Crippen LogP contribution is 2.52. The van der Waals surface area contributed by atoms with Crippen molar-refractivity contribution in [2.24, 2.45) is 11.8 Å². The highest BCUT2D eigenvalue weighted by Gasteiger charge is 2.42. The van der Waals surface area contributed by atoms with Crippen LogP contribution in [0.15, 0.2) is 27.6 Å². The summed E-state index contributed by atoms with van der Waals surface area (Å²) in [5.74, 6) is 3.37. The minimum atomic E-state index is -0.124. The lowest BCUT2D eigenvalue weighted by Crippen LogP contribution is -2.08. The Labute approximate surface area is 110 Å². The Bertz CT molecular complexity index is 640. The number of hydrogen-bond donors (Lipinski definition) is 1. The van der Waals surface area contributed by atoms with Crippen LogP contribution < -0.4 is 5.56 Å². The normalized spacial score (nSPS) is 28.9. The van der Waals surface area contributed by atoms with Gasteiger partial charge < -0.3 is 9.51 Å². The van der Waals surface area contributed by atoms with Gasteiger partial charge in [0.25, 0.3) is 0 Å². The van der Waals surface area contributed by atoms with E-state index in [4.69, 9.17) is 4.52 Å². The van der Waals surface area contributed by atoms with E-state index in [2.05, 4.69) is 15.1 Å². The van der Waals surface area contributed by atoms with Gasteiger partial charge in [0.2, 0.25) is 17.3 Å². The molecule has 0 amide bonds. The number of nitrogens with one attached hydrogen (secondary N) is 1. The topological polar surface area (TPSA) is 71.8 Å². The fourth-order valence-electron chi connectivity index (χ4n) is 3.60. The van der Waals surface area contributed by atoms with Gasteiger partial charge in [0.05, 0.1) is 0 Å². The van der Waals surface area contributed by atoms with E-state index in [1.54, 1.807) is 12.3 Å². The van der Waals surface area contributed by atoms with E-state index in [0.717, 1.165) is 23.3 Å². The maximum atomic E-state index is 11.0. The first-order valence-electron chi connectivity index (χ1n) is 6.82. The first-order chi connectivity index (χ1) is 9.29. The molecular weight excluding hydrogens is 242 g/mol. The number of nitrogens with zero attached hydrogens (tertiary/aromatic N) is 2. The van der Waals surface area contributed by atoms with Gasteiger partial charge in [-0.25, -0.2) is 0 Å². The fourth-order valence-corrected chi connectivity index (χ4v) is 3.60. The third kappa shape index (κ3) is 1.80. The van der Waals surface area contributed by atoms with Crippen molar-refractivity contribution in [2.45, 2.75) is 31.6 Å². The van der Waals surface area contributed by atoms with Crippen molar-refractivity contribution in [3.8, 4) is 11.4 Å². The van der Waals surface area contributed by atoms with Crippen LogP contribution in [0.1, 0.15) is 37.5 Å². The summed E-state index contributed by atoms with van der Waals surface area (Å²) in [5.41, 5.74) is 0.665. The van der Waals surface area contributed by atoms with E-state index in [9.17, 15) is 4.79 Å². The van der Waals surface area contributed by atoms with Crippen LogP contribution in [-0.4, -0.2) is 15.1 Å². The molecule has 3 unspecified atom stereocenters. The molecule has 4 rings (SSSR count). The number of hydrogen-bond acceptors (Lipinski definition) is 4. The van der Waals surface area contributed by atoms with Crippen LogP contribution in [-0.2, 0) is 0 Å². The van der Waals surface area contributed by atoms with E-state index >= 15 is 0 Å². The summed E-state index contributed by atoms with van der Waals surface area (Å²) >= 11 is 0. The summed E-state index contributed by atoms with van der Waals surface area (Å²) in [6.07, 6.45) is 6.80. The Balaban J connectivity index is 1.63. The van der Waals surface area contributed by atoms with Gasteiger partial charge >= 0.3 is 0 Å². The molecule has 2 saturated carbocycles. The Kier molecular flexibility index (Phi) is 2.33. The second-order valence-corrected chi connectivity index (χ2v) is 5.68. The highest BCUT2D eigenvalue weighted by atomic mass is 16.5. The van der Waals surface area contributed by atoms with Crippen molar-refractivity contribution >= 4 is 0 Å². The van der Waals surface area contributed by atoms with Crippen molar-refractivity contribution < 1.29 is 4.52 Å². The van der Waals surface area contributed by atoms with Gasteiger partial charge in [0, 0.05) is 23.7 Å². The molecular formula is C14H15N3O2. The number of rotatable bonds is 2. The molecule has 1 N–H and O–H groups in total. The van der Waals surface area contributed by atoms with Gasteiger partial charge in [-0.15, -0.1) is 0 Å². The standard InChI is InChI=1S/C14H15N3O2/c18-12-4-3-10(7-15-12)13-16-14(19-17-13)11-6-8-1-2-9(11)5-8/h3-4,7-9,11H,1-2,5-6H2,(H,15,18). The van der Waals surface area contributed by atoms with Crippen LogP contribution in [0.25, 0.3) is 11.4 Å². The maximum absolute atomic E-state index is 11.0. The fraction of sp³-hybridized carbons (Fsp3) is 0.500. The van der Waals surface area contributed by atoms with Gasteiger partial charge in [0.1, 0.15) is 0 Å². The smallest absolute Gasteiger partial charge is 0.247 e. The number of fused-ring (bicyclic) bond motifs is 2. The third-order valence-electron chi connectivity index (χ3n) is 4.54. The Morgan fingerprint density at radius 2 is 2.21 bits per heavy atom. The largest absolute Gasteiger partial charge is 0.339 e. The van der Waals surface area contributed by atoms with Crippen molar-refractivity contribution in [2.75, 3.05) is 0 Å². The van der Waals surface area contributed by atoms with Gasteiger partial charge in [0.15, 0.2) is 0 Å². The molecule has 19 heavy (non-hydrogen) atoms. The summed E-state index contributed by atoms with van der Waals surface area (Å²) in [6.45, 7) is 0. The number of H-pyrrole nitrogens is 1. The van der Waals surface area contributed by atoms with Crippen LogP contribution in [0.4, 0.5) is 0 Å². The zero-order chi connectivity index (χ0) is 12.8. The second-order valence-electron chi connectivity index (χ2n) is 5.68. The first kappa shape index (κ1) is 11.0. The van der Waals surface area contributed by atoms with Crippen molar-refractivity contribution in [1.29, 1.82) is 0 Å². The summed E-state index contributed by atoms with van der Waals surface area (Å²) < 4.78 is 5.43. The molecule has 0 aromatic carbocycles. The van der Waals surface area contributed by atoms with E-state index in [-0.39, 0.29) is 5.56 Å². The number of pyridine rings is 1. The molecule has 2 aromatic rings. The average Bonchev–Trinajstić information content (AvgIpc) is 3.15. The average molecular weight is 257 g/mol. The van der Waals surface area contributed by atoms with Crippen LogP contribution >= 0.6 is 0 Å². The Hall–Kier alpha value is -1.91. The Morgan fingerprint density at radius 3 is 2.89 bits per heavy atom. The predicted octanol–water partition coefficient (Wildman–Crippen LogP) is 2.33. The quantitative estimate of drug-likeness (QED) is 0.896. The predicted molar refractivity (Wildman–Crippen MR) is 68.5 cm³/mol. The minimum absolute atomic E-state index is 0.124. The molecule has 2 fully saturated rings. The maximum Gasteiger partial charge on any atom is 0.247 e. The molecule has 5 heteroatoms. The van der Waals surface area contributed by atoms with E-state index < -0.39 is 0 Å². The molecule has 2 heterocycles. The van der Waals surface area contributed by atoms with E-state index in [1.165, 1.54) is 31.7 Å². The van der Waals surface area contributed by atoms with Crippen molar-refractivity contribution in [3.05, 3.63) is 34.6 Å². The summed E-state index contributed by atoms with van der Waals surface area (Å²) in [6, 6.07) is 3.19. The minimum Gasteiger partial charge on any atom is -0.339 e. The van der Waals surface area contributed by atoms with Gasteiger partial charge in [-0.2, -0.15) is 4.98 Å². The summed E-state index contributed by atoms with van der Waals surface area (Å²) in [5, 5.41) is 4.04. The lowest BCUT2D eigenvalue weighted by Gasteiger charge is -2.16. The van der Waals surface area contributed by atoms with Gasteiger partial charge in [-0.1, -0.05) is 11.6 Å². The molecule has 2 bridgehead atoms. The van der Waals surface area contributed by atoms with Crippen molar-refractivity contribution in [3.63, 3.8) is 0 Å². The van der Waals surface area contributed by atoms with Crippen LogP contribution in [0.3, 0.4) is 0 Å². The number of aromatic nitrogens is 3. The van der Waals surface area contributed by atoms with Crippen LogP contribution in [0.5, 0.6) is 0 Å². The molecule has 0 aliphatic heterocycles. The molecule has 0 saturated heterocycles. The lowest BCUT2D eigenvalue weighted by atomic mass is 9.89. The lowest BCUT2D eigenvalue weighted by molar-refractivity contribution is 0.302. The molecule has 98 valence electrons. The SMILES string of the molecule is O=c1ccc(-c2noc(C3CC4CCC3C4)n2)c[nH]1. The summed E-state index contributed by atoms with van der Waals surface area (Å²) in [4.78, 5) is 18.2. The van der Waals surface area contributed by atoms with Gasteiger partial charge in [-0.3, -0.25) is 4.79 Å². The number of aromatic amines is 1. The van der Waals surface area contributed by atoms with E-state index in [0.29, 0.717) is 11.7 Å². The highest BCUT2D eigenvalue weighted by molar-refractivity contribution is 5.51. The molecule has 0 radical (unpaired) electrons. The second kappa shape index (κ2) is 4.05. The monoisotopic (exact) mass is 257 g/mol. The first-order valence-corrected chi connectivity index (χ1v) is 6.82. The molecule has 0 spiro atoms. The zero-order valence-corrected chi connectivity index (χ0v) is 10.5. The zero-order valence-electron chi connectivity index (χ0n) is 10.5. The van der Waals surface area contributed by atoms with E-state index in [1.807, 2.05) is 0 Å². The summed E-state index contributed by atoms with van der Waals surface area (Å²) in [7, 11) is 0. The Morgan fingerprint density at radius 1 is 1.26 bits per heavy atom. The van der Waals surface area contributed by atoms with Crippen LogP contribution in [0.2, 0.25) is 0 Å². The third-order valence-corrected chi connectivity index (χ3v) is 4.54. The molecule has 2 aromatic heterocycles. The van der Waals surface area contributed by atoms with Crippen LogP contribution in [0, 0.1) is 11.8 Å². The molecule has 2 aliphatic rings.